The Labute approximate surface area is 204 Å². The van der Waals surface area contributed by atoms with Crippen LogP contribution in [0, 0.1) is 13.8 Å². The number of ether oxygens (including phenoxy) is 1. The smallest absolute Gasteiger partial charge is 0.338 e. The van der Waals surface area contributed by atoms with Crippen LogP contribution in [0.3, 0.4) is 0 Å². The fourth-order valence-corrected chi connectivity index (χ4v) is 4.98. The Balaban J connectivity index is 1.56. The maximum absolute atomic E-state index is 13.3. The number of hydrogen-bond acceptors (Lipinski definition) is 7. The summed E-state index contributed by atoms with van der Waals surface area (Å²) < 4.78 is 7.14. The Morgan fingerprint density at radius 2 is 1.88 bits per heavy atom. The van der Waals surface area contributed by atoms with Crippen LogP contribution >= 0.6 is 23.1 Å². The van der Waals surface area contributed by atoms with Crippen molar-refractivity contribution in [2.45, 2.75) is 25.9 Å². The highest BCUT2D eigenvalue weighted by molar-refractivity contribution is 7.99. The van der Waals surface area contributed by atoms with E-state index in [2.05, 4.69) is 10.3 Å². The van der Waals surface area contributed by atoms with Gasteiger partial charge in [-0.1, -0.05) is 23.9 Å². The monoisotopic (exact) mass is 493 g/mol. The van der Waals surface area contributed by atoms with Gasteiger partial charge in [-0.25, -0.2) is 9.78 Å². The predicted molar refractivity (Wildman–Crippen MR) is 136 cm³/mol. The summed E-state index contributed by atoms with van der Waals surface area (Å²) in [7, 11) is 0. The average Bonchev–Trinajstić information content (AvgIpc) is 3.30. The summed E-state index contributed by atoms with van der Waals surface area (Å²) in [4.78, 5) is 42.4. The normalized spacial score (nSPS) is 10.9. The Morgan fingerprint density at radius 3 is 2.62 bits per heavy atom. The Kier molecular flexibility index (Phi) is 7.14. The summed E-state index contributed by atoms with van der Waals surface area (Å²) in [5, 5.41) is 5.11. The van der Waals surface area contributed by atoms with Gasteiger partial charge >= 0.3 is 5.97 Å². The van der Waals surface area contributed by atoms with Crippen LogP contribution in [0.4, 0.5) is 5.69 Å². The summed E-state index contributed by atoms with van der Waals surface area (Å²) in [6, 6.07) is 14.1. The molecule has 0 atom stereocenters. The molecule has 0 radical (unpaired) electrons. The Morgan fingerprint density at radius 1 is 1.12 bits per heavy atom. The third-order valence-electron chi connectivity index (χ3n) is 5.28. The van der Waals surface area contributed by atoms with E-state index in [-0.39, 0.29) is 17.2 Å². The minimum Gasteiger partial charge on any atom is -0.462 e. The van der Waals surface area contributed by atoms with Crippen LogP contribution in [0.2, 0.25) is 0 Å². The van der Waals surface area contributed by atoms with Crippen molar-refractivity contribution in [1.82, 2.24) is 9.55 Å². The molecule has 34 heavy (non-hydrogen) atoms. The van der Waals surface area contributed by atoms with Gasteiger partial charge in [-0.15, -0.1) is 11.3 Å². The number of nitrogens with zero attached hydrogens (tertiary/aromatic N) is 2. The number of anilines is 1. The van der Waals surface area contributed by atoms with E-state index < -0.39 is 5.97 Å². The lowest BCUT2D eigenvalue weighted by molar-refractivity contribution is -0.113. The van der Waals surface area contributed by atoms with Crippen LogP contribution in [0.15, 0.2) is 63.9 Å². The van der Waals surface area contributed by atoms with E-state index in [0.29, 0.717) is 33.2 Å². The fourth-order valence-electron chi connectivity index (χ4n) is 3.41. The zero-order valence-corrected chi connectivity index (χ0v) is 20.6. The Bertz CT molecular complexity index is 1420. The van der Waals surface area contributed by atoms with Gasteiger partial charge in [-0.3, -0.25) is 14.2 Å². The van der Waals surface area contributed by atoms with Crippen LogP contribution in [0.1, 0.15) is 28.4 Å². The lowest BCUT2D eigenvalue weighted by Gasteiger charge is -2.15. The predicted octanol–water partition coefficient (Wildman–Crippen LogP) is 4.97. The zero-order valence-electron chi connectivity index (χ0n) is 19.0. The van der Waals surface area contributed by atoms with Crippen LogP contribution < -0.4 is 10.9 Å². The summed E-state index contributed by atoms with van der Waals surface area (Å²) >= 11 is 2.56. The second kappa shape index (κ2) is 10.2. The van der Waals surface area contributed by atoms with E-state index in [1.54, 1.807) is 35.8 Å². The van der Waals surface area contributed by atoms with Crippen molar-refractivity contribution in [1.29, 1.82) is 0 Å². The van der Waals surface area contributed by atoms with Crippen LogP contribution in [-0.4, -0.2) is 33.8 Å². The standard InChI is InChI=1S/C25H23N3O4S2/c1-4-32-24(31)17-8-10-18(11-9-17)26-21(29)14-34-25-27-19-12-13-33-22(19)23(30)28(25)20-7-5-6-15(2)16(20)3/h5-13H,4,14H2,1-3H3,(H,26,29). The lowest BCUT2D eigenvalue weighted by Crippen LogP contribution is -2.23. The quantitative estimate of drug-likeness (QED) is 0.222. The molecule has 4 aromatic rings. The maximum atomic E-state index is 13.3. The van der Waals surface area contributed by atoms with Gasteiger partial charge in [0, 0.05) is 5.69 Å². The van der Waals surface area contributed by atoms with Crippen molar-refractivity contribution in [2.24, 2.45) is 0 Å². The molecule has 0 aliphatic heterocycles. The van der Waals surface area contributed by atoms with E-state index in [1.165, 1.54) is 23.1 Å². The molecule has 0 unspecified atom stereocenters. The molecule has 0 saturated heterocycles. The molecule has 1 amide bonds. The minimum absolute atomic E-state index is 0.0621. The van der Waals surface area contributed by atoms with Gasteiger partial charge < -0.3 is 10.1 Å². The molecule has 0 bridgehead atoms. The van der Waals surface area contributed by atoms with E-state index in [0.717, 1.165) is 16.8 Å². The summed E-state index contributed by atoms with van der Waals surface area (Å²) in [6.45, 7) is 6.01. The fraction of sp³-hybridized carbons (Fsp3) is 0.200. The molecule has 0 aliphatic carbocycles. The summed E-state index contributed by atoms with van der Waals surface area (Å²) in [5.41, 5.74) is 4.25. The van der Waals surface area contributed by atoms with Gasteiger partial charge in [0.25, 0.3) is 5.56 Å². The molecule has 9 heteroatoms. The van der Waals surface area contributed by atoms with E-state index >= 15 is 0 Å². The molecule has 0 aliphatic rings. The molecule has 1 N–H and O–H groups in total. The summed E-state index contributed by atoms with van der Waals surface area (Å²) in [6.07, 6.45) is 0. The van der Waals surface area contributed by atoms with E-state index in [1.807, 2.05) is 43.5 Å². The topological polar surface area (TPSA) is 90.3 Å². The average molecular weight is 494 g/mol. The highest BCUT2D eigenvalue weighted by Crippen LogP contribution is 2.26. The largest absolute Gasteiger partial charge is 0.462 e. The van der Waals surface area contributed by atoms with Gasteiger partial charge in [0.15, 0.2) is 5.16 Å². The van der Waals surface area contributed by atoms with Crippen LogP contribution in [0.25, 0.3) is 15.9 Å². The number of fused-ring (bicyclic) bond motifs is 1. The second-order valence-electron chi connectivity index (χ2n) is 7.52. The number of thiophene rings is 1. The van der Waals surface area contributed by atoms with E-state index in [4.69, 9.17) is 4.74 Å². The Hall–Kier alpha value is -3.43. The highest BCUT2D eigenvalue weighted by atomic mass is 32.2. The lowest BCUT2D eigenvalue weighted by atomic mass is 10.1. The molecule has 0 fully saturated rings. The molecular weight excluding hydrogens is 470 g/mol. The van der Waals surface area contributed by atoms with Gasteiger partial charge in [0.05, 0.1) is 29.1 Å². The second-order valence-corrected chi connectivity index (χ2v) is 9.38. The molecule has 2 aromatic carbocycles. The first-order valence-corrected chi connectivity index (χ1v) is 12.5. The number of thioether (sulfide) groups is 1. The maximum Gasteiger partial charge on any atom is 0.338 e. The number of hydrogen-bond donors (Lipinski definition) is 1. The number of amides is 1. The van der Waals surface area contributed by atoms with Crippen molar-refractivity contribution >= 4 is 50.9 Å². The molecule has 0 saturated carbocycles. The third-order valence-corrected chi connectivity index (χ3v) is 7.11. The van der Waals surface area contributed by atoms with E-state index in [9.17, 15) is 14.4 Å². The molecule has 0 spiro atoms. The highest BCUT2D eigenvalue weighted by Gasteiger charge is 2.17. The van der Waals surface area contributed by atoms with Crippen molar-refractivity contribution < 1.29 is 14.3 Å². The van der Waals surface area contributed by atoms with Crippen LogP contribution in [-0.2, 0) is 9.53 Å². The first-order valence-electron chi connectivity index (χ1n) is 10.7. The number of nitrogens with one attached hydrogen (secondary N) is 1. The van der Waals surface area contributed by atoms with Gasteiger partial charge in [0.1, 0.15) is 4.70 Å². The number of rotatable bonds is 7. The van der Waals surface area contributed by atoms with Crippen molar-refractivity contribution in [3.05, 3.63) is 81.0 Å². The number of benzene rings is 2. The summed E-state index contributed by atoms with van der Waals surface area (Å²) in [5.74, 6) is -0.594. The van der Waals surface area contributed by atoms with Gasteiger partial charge in [0.2, 0.25) is 5.91 Å². The molecular formula is C25H23N3O4S2. The van der Waals surface area contributed by atoms with Gasteiger partial charge in [-0.05, 0) is 73.7 Å². The molecule has 7 nitrogen and oxygen atoms in total. The molecule has 2 heterocycles. The zero-order chi connectivity index (χ0) is 24.2. The number of aryl methyl sites for hydroxylation is 1. The molecule has 4 rings (SSSR count). The first-order chi connectivity index (χ1) is 16.4. The molecule has 2 aromatic heterocycles. The number of aromatic nitrogens is 2. The molecule has 174 valence electrons. The number of carbonyl (C=O) groups is 2. The van der Waals surface area contributed by atoms with Crippen molar-refractivity contribution in [3.63, 3.8) is 0 Å². The minimum atomic E-state index is -0.407. The van der Waals surface area contributed by atoms with Crippen molar-refractivity contribution in [2.75, 3.05) is 17.7 Å². The van der Waals surface area contributed by atoms with Crippen LogP contribution in [0.5, 0.6) is 0 Å². The van der Waals surface area contributed by atoms with Crippen molar-refractivity contribution in [3.8, 4) is 5.69 Å². The third kappa shape index (κ3) is 4.90. The first kappa shape index (κ1) is 23.7. The van der Waals surface area contributed by atoms with Gasteiger partial charge in [-0.2, -0.15) is 0 Å². The number of carbonyl (C=O) groups excluding carboxylic acids is 2. The SMILES string of the molecule is CCOC(=O)c1ccc(NC(=O)CSc2nc3ccsc3c(=O)n2-c2cccc(C)c2C)cc1. The number of esters is 1.